The quantitative estimate of drug-likeness (QED) is 0.200. The van der Waals surface area contributed by atoms with Crippen molar-refractivity contribution in [2.75, 3.05) is 12.5 Å². The molecule has 2 N–H and O–H groups in total. The summed E-state index contributed by atoms with van der Waals surface area (Å²) in [5, 5.41) is 24.8. The van der Waals surface area contributed by atoms with Gasteiger partial charge in [0.05, 0.1) is 23.9 Å². The molecule has 0 spiro atoms. The largest absolute Gasteiger partial charge is 0.504 e. The number of nitrogens with one attached hydrogen (secondary N) is 1. The molecule has 0 aliphatic heterocycles. The lowest BCUT2D eigenvalue weighted by atomic mass is 10.2. The third-order valence-corrected chi connectivity index (χ3v) is 4.00. The Morgan fingerprint density at radius 2 is 1.83 bits per heavy atom. The Hall–Kier alpha value is -4.40. The number of nitrogens with zero attached hydrogens (tertiary/aromatic N) is 2. The first-order chi connectivity index (χ1) is 14.5. The number of hydrazone groups is 1. The lowest BCUT2D eigenvalue weighted by Crippen LogP contribution is -2.10. The first-order valence-electron chi connectivity index (χ1n) is 8.69. The summed E-state index contributed by atoms with van der Waals surface area (Å²) in [5.41, 5.74) is 4.04. The van der Waals surface area contributed by atoms with E-state index in [2.05, 4.69) is 10.5 Å². The molecule has 0 saturated carbocycles. The Kier molecular flexibility index (Phi) is 6.23. The van der Waals surface area contributed by atoms with Gasteiger partial charge in [0.15, 0.2) is 11.5 Å². The molecular weight excluding hydrogens is 390 g/mol. The van der Waals surface area contributed by atoms with Crippen molar-refractivity contribution in [2.24, 2.45) is 5.10 Å². The van der Waals surface area contributed by atoms with Gasteiger partial charge in [0, 0.05) is 12.1 Å². The highest BCUT2D eigenvalue weighted by Gasteiger charge is 2.16. The molecule has 0 heterocycles. The second-order valence-electron chi connectivity index (χ2n) is 5.99. The number of non-ortho nitro benzene ring substituents is 1. The van der Waals surface area contributed by atoms with E-state index >= 15 is 0 Å². The average molecular weight is 407 g/mol. The summed E-state index contributed by atoms with van der Waals surface area (Å²) in [4.78, 5) is 22.5. The van der Waals surface area contributed by atoms with Crippen molar-refractivity contribution in [3.05, 3.63) is 88.0 Å². The summed E-state index contributed by atoms with van der Waals surface area (Å²) in [6.07, 6.45) is 1.44. The third kappa shape index (κ3) is 4.90. The van der Waals surface area contributed by atoms with E-state index in [4.69, 9.17) is 9.47 Å². The number of rotatable bonds is 7. The molecular formula is C21H17N3O6. The van der Waals surface area contributed by atoms with Crippen LogP contribution in [0.2, 0.25) is 0 Å². The molecule has 0 radical (unpaired) electrons. The van der Waals surface area contributed by atoms with Gasteiger partial charge in [-0.3, -0.25) is 15.5 Å². The number of esters is 1. The first kappa shape index (κ1) is 20.3. The van der Waals surface area contributed by atoms with Gasteiger partial charge in [-0.2, -0.15) is 5.10 Å². The number of nitro groups is 1. The van der Waals surface area contributed by atoms with Gasteiger partial charge in [-0.15, -0.1) is 0 Å². The van der Waals surface area contributed by atoms with Crippen LogP contribution in [0.4, 0.5) is 11.4 Å². The number of carbonyl (C=O) groups is 1. The molecule has 0 atom stereocenters. The maximum Gasteiger partial charge on any atom is 0.347 e. The van der Waals surface area contributed by atoms with Crippen molar-refractivity contribution < 1.29 is 24.3 Å². The van der Waals surface area contributed by atoms with E-state index in [1.807, 2.05) is 0 Å². The molecule has 0 fully saturated rings. The maximum atomic E-state index is 12.3. The fourth-order valence-electron chi connectivity index (χ4n) is 2.51. The van der Waals surface area contributed by atoms with Crippen molar-refractivity contribution in [1.82, 2.24) is 0 Å². The first-order valence-corrected chi connectivity index (χ1v) is 8.69. The molecule has 0 aliphatic rings. The van der Waals surface area contributed by atoms with Gasteiger partial charge in [0.1, 0.15) is 11.3 Å². The zero-order valence-electron chi connectivity index (χ0n) is 15.8. The zero-order valence-corrected chi connectivity index (χ0v) is 15.8. The number of ether oxygens (including phenoxy) is 2. The number of phenolic OH excluding ortho intramolecular Hbond substituents is 1. The van der Waals surface area contributed by atoms with E-state index < -0.39 is 10.9 Å². The maximum absolute atomic E-state index is 12.3. The number of methoxy groups -OCH3 is 1. The topological polar surface area (TPSA) is 123 Å². The van der Waals surface area contributed by atoms with Crippen molar-refractivity contribution in [3.8, 4) is 17.2 Å². The Morgan fingerprint density at radius 3 is 2.50 bits per heavy atom. The summed E-state index contributed by atoms with van der Waals surface area (Å²) in [6, 6.07) is 16.8. The number of aromatic hydroxyl groups is 1. The molecule has 3 rings (SSSR count). The number of para-hydroxylation sites is 1. The number of nitro benzene ring substituents is 1. The number of hydrogen-bond donors (Lipinski definition) is 2. The van der Waals surface area contributed by atoms with Gasteiger partial charge in [0.25, 0.3) is 5.69 Å². The molecule has 0 bridgehead atoms. The molecule has 0 amide bonds. The Bertz CT molecular complexity index is 1100. The third-order valence-electron chi connectivity index (χ3n) is 4.00. The average Bonchev–Trinajstić information content (AvgIpc) is 2.75. The molecule has 152 valence electrons. The second kappa shape index (κ2) is 9.20. The standard InChI is InChI=1S/C21H17N3O6/c1-29-19-5-3-2-4-17(19)21(26)30-20-11-6-14(12-18(20)25)13-22-23-15-7-9-16(10-8-15)24(27)28/h2-13,23,25H,1H3/b22-13-. The van der Waals surface area contributed by atoms with Gasteiger partial charge in [-0.25, -0.2) is 4.79 Å². The Labute approximate surface area is 171 Å². The van der Waals surface area contributed by atoms with E-state index in [-0.39, 0.29) is 22.7 Å². The van der Waals surface area contributed by atoms with Gasteiger partial charge in [-0.05, 0) is 48.0 Å². The van der Waals surface area contributed by atoms with Crippen molar-refractivity contribution in [1.29, 1.82) is 0 Å². The van der Waals surface area contributed by atoms with Gasteiger partial charge < -0.3 is 14.6 Å². The second-order valence-corrected chi connectivity index (χ2v) is 5.99. The molecule has 3 aromatic rings. The predicted molar refractivity (Wildman–Crippen MR) is 110 cm³/mol. The molecule has 9 nitrogen and oxygen atoms in total. The highest BCUT2D eigenvalue weighted by molar-refractivity contribution is 5.94. The van der Waals surface area contributed by atoms with Crippen LogP contribution in [0, 0.1) is 10.1 Å². The van der Waals surface area contributed by atoms with E-state index in [9.17, 15) is 20.0 Å². The SMILES string of the molecule is COc1ccccc1C(=O)Oc1ccc(/C=N\Nc2ccc([N+](=O)[O-])cc2)cc1O. The molecule has 0 aliphatic carbocycles. The summed E-state index contributed by atoms with van der Waals surface area (Å²) in [7, 11) is 1.45. The highest BCUT2D eigenvalue weighted by atomic mass is 16.6. The summed E-state index contributed by atoms with van der Waals surface area (Å²) >= 11 is 0. The van der Waals surface area contributed by atoms with Gasteiger partial charge in [-0.1, -0.05) is 12.1 Å². The molecule has 9 heteroatoms. The lowest BCUT2D eigenvalue weighted by molar-refractivity contribution is -0.384. The molecule has 3 aromatic carbocycles. The van der Waals surface area contributed by atoms with Crippen molar-refractivity contribution in [2.45, 2.75) is 0 Å². The number of phenols is 1. The summed E-state index contributed by atoms with van der Waals surface area (Å²) < 4.78 is 10.4. The number of hydrogen-bond acceptors (Lipinski definition) is 8. The molecule has 0 aromatic heterocycles. The fraction of sp³-hybridized carbons (Fsp3) is 0.0476. The van der Waals surface area contributed by atoms with E-state index in [0.29, 0.717) is 17.0 Å². The van der Waals surface area contributed by atoms with E-state index in [0.717, 1.165) is 0 Å². The van der Waals surface area contributed by atoms with Crippen LogP contribution in [0.1, 0.15) is 15.9 Å². The Balaban J connectivity index is 1.65. The van der Waals surface area contributed by atoms with Gasteiger partial charge in [0.2, 0.25) is 0 Å². The zero-order chi connectivity index (χ0) is 21.5. The van der Waals surface area contributed by atoms with Crippen LogP contribution in [0.15, 0.2) is 71.8 Å². The van der Waals surface area contributed by atoms with E-state index in [1.165, 1.54) is 49.7 Å². The summed E-state index contributed by atoms with van der Waals surface area (Å²) in [5.74, 6) is -0.545. The molecule has 0 unspecified atom stereocenters. The van der Waals surface area contributed by atoms with Gasteiger partial charge >= 0.3 is 5.97 Å². The van der Waals surface area contributed by atoms with Crippen LogP contribution < -0.4 is 14.9 Å². The van der Waals surface area contributed by atoms with Crippen molar-refractivity contribution >= 4 is 23.6 Å². The van der Waals surface area contributed by atoms with Crippen LogP contribution in [0.25, 0.3) is 0 Å². The molecule has 0 saturated heterocycles. The monoisotopic (exact) mass is 407 g/mol. The van der Waals surface area contributed by atoms with Crippen LogP contribution >= 0.6 is 0 Å². The van der Waals surface area contributed by atoms with Crippen LogP contribution in [0.3, 0.4) is 0 Å². The number of benzene rings is 3. The van der Waals surface area contributed by atoms with Crippen molar-refractivity contribution in [3.63, 3.8) is 0 Å². The number of anilines is 1. The molecule has 30 heavy (non-hydrogen) atoms. The van der Waals surface area contributed by atoms with Crippen LogP contribution in [-0.4, -0.2) is 29.3 Å². The highest BCUT2D eigenvalue weighted by Crippen LogP contribution is 2.28. The smallest absolute Gasteiger partial charge is 0.347 e. The van der Waals surface area contributed by atoms with Crippen LogP contribution in [0.5, 0.6) is 17.2 Å². The lowest BCUT2D eigenvalue weighted by Gasteiger charge is -2.09. The van der Waals surface area contributed by atoms with E-state index in [1.54, 1.807) is 30.3 Å². The normalized spacial score (nSPS) is 10.6. The summed E-state index contributed by atoms with van der Waals surface area (Å²) in [6.45, 7) is 0. The minimum atomic E-state index is -0.663. The van der Waals surface area contributed by atoms with Crippen LogP contribution in [-0.2, 0) is 0 Å². The predicted octanol–water partition coefficient (Wildman–Crippen LogP) is 3.97. The fourth-order valence-corrected chi connectivity index (χ4v) is 2.51. The minimum absolute atomic E-state index is 0.00798. The number of carbonyl (C=O) groups excluding carboxylic acids is 1. The Morgan fingerprint density at radius 1 is 1.10 bits per heavy atom. The minimum Gasteiger partial charge on any atom is -0.504 e.